The fraction of sp³-hybridized carbons (Fsp3) is 0.370. The number of benzene rings is 2. The van der Waals surface area contributed by atoms with Crippen LogP contribution in [0.5, 0.6) is 5.75 Å². The van der Waals surface area contributed by atoms with Gasteiger partial charge in [-0.3, -0.25) is 9.69 Å². The van der Waals surface area contributed by atoms with Gasteiger partial charge in [-0.1, -0.05) is 32.0 Å². The van der Waals surface area contributed by atoms with Gasteiger partial charge in [-0.15, -0.1) is 37.2 Å². The number of para-hydroxylation sites is 1. The van der Waals surface area contributed by atoms with E-state index in [4.69, 9.17) is 9.72 Å². The van der Waals surface area contributed by atoms with E-state index in [1.807, 2.05) is 32.0 Å². The molecule has 0 radical (unpaired) electrons. The molecule has 0 saturated carbocycles. The third kappa shape index (κ3) is 8.11. The van der Waals surface area contributed by atoms with Crippen LogP contribution in [-0.4, -0.2) is 60.2 Å². The van der Waals surface area contributed by atoms with E-state index in [0.717, 1.165) is 44.0 Å². The number of anilines is 2. The topological polar surface area (TPSA) is 95.0 Å². The Hall–Kier alpha value is -2.78. The Labute approximate surface area is 242 Å². The van der Waals surface area contributed by atoms with Gasteiger partial charge in [-0.25, -0.2) is 9.78 Å². The van der Waals surface area contributed by atoms with E-state index in [9.17, 15) is 14.7 Å². The van der Waals surface area contributed by atoms with E-state index in [2.05, 4.69) is 21.2 Å². The van der Waals surface area contributed by atoms with E-state index in [-0.39, 0.29) is 54.6 Å². The van der Waals surface area contributed by atoms with Crippen LogP contribution in [0.15, 0.2) is 48.5 Å². The van der Waals surface area contributed by atoms with Crippen LogP contribution in [0.3, 0.4) is 0 Å². The fourth-order valence-corrected chi connectivity index (χ4v) is 4.42. The van der Waals surface area contributed by atoms with Crippen molar-refractivity contribution in [1.29, 1.82) is 0 Å². The third-order valence-electron chi connectivity index (χ3n) is 6.19. The number of halogens is 3. The highest BCUT2D eigenvalue weighted by molar-refractivity contribution is 6.05. The van der Waals surface area contributed by atoms with Crippen molar-refractivity contribution in [3.8, 4) is 5.75 Å². The number of amides is 1. The molecule has 2 heterocycles. The first-order valence-corrected chi connectivity index (χ1v) is 11.9. The van der Waals surface area contributed by atoms with Crippen molar-refractivity contribution in [1.82, 2.24) is 9.88 Å². The SMILES string of the molecule is COc1ccccc1CN1CCN(c2cc(C(=O)O)c3cc(NC(=O)CC(C)C)ccc3n2)CC1.Cl.Cl.Cl. The van der Waals surface area contributed by atoms with Crippen LogP contribution < -0.4 is 15.0 Å². The summed E-state index contributed by atoms with van der Waals surface area (Å²) in [7, 11) is 1.69. The Kier molecular flexibility index (Phi) is 13.1. The highest BCUT2D eigenvalue weighted by atomic mass is 35.5. The molecule has 8 nitrogen and oxygen atoms in total. The lowest BCUT2D eigenvalue weighted by Crippen LogP contribution is -2.46. The van der Waals surface area contributed by atoms with Gasteiger partial charge in [0.2, 0.25) is 5.91 Å². The fourth-order valence-electron chi connectivity index (χ4n) is 4.42. The predicted octanol–water partition coefficient (Wildman–Crippen LogP) is 5.51. The van der Waals surface area contributed by atoms with Gasteiger partial charge in [0.05, 0.1) is 18.2 Å². The molecular weight excluding hydrogens is 551 g/mol. The molecule has 2 aromatic carbocycles. The average molecular weight is 586 g/mol. The molecular formula is C27H35Cl3N4O4. The maximum atomic E-state index is 12.2. The zero-order valence-corrected chi connectivity index (χ0v) is 24.1. The van der Waals surface area contributed by atoms with Crippen LogP contribution in [0.2, 0.25) is 0 Å². The van der Waals surface area contributed by atoms with Crippen molar-refractivity contribution >= 4 is 71.5 Å². The Bertz CT molecular complexity index is 1230. The number of hydrogen-bond donors (Lipinski definition) is 2. The normalized spacial score (nSPS) is 13.2. The number of pyridine rings is 1. The quantitative estimate of drug-likeness (QED) is 0.360. The molecule has 4 rings (SSSR count). The largest absolute Gasteiger partial charge is 0.496 e. The molecule has 38 heavy (non-hydrogen) atoms. The predicted molar refractivity (Wildman–Crippen MR) is 159 cm³/mol. The molecule has 3 aromatic rings. The summed E-state index contributed by atoms with van der Waals surface area (Å²) in [6.07, 6.45) is 0.407. The molecule has 1 saturated heterocycles. The molecule has 0 aliphatic carbocycles. The molecule has 208 valence electrons. The first kappa shape index (κ1) is 33.2. The summed E-state index contributed by atoms with van der Waals surface area (Å²) < 4.78 is 5.47. The zero-order chi connectivity index (χ0) is 24.9. The van der Waals surface area contributed by atoms with Crippen molar-refractivity contribution in [2.75, 3.05) is 43.5 Å². The number of hydrogen-bond acceptors (Lipinski definition) is 6. The van der Waals surface area contributed by atoms with Crippen LogP contribution in [-0.2, 0) is 11.3 Å². The second-order valence-electron chi connectivity index (χ2n) is 9.29. The van der Waals surface area contributed by atoms with Gasteiger partial charge in [-0.05, 0) is 36.2 Å². The molecule has 1 aliphatic rings. The molecule has 0 unspecified atom stereocenters. The number of nitrogens with one attached hydrogen (secondary N) is 1. The molecule has 11 heteroatoms. The van der Waals surface area contributed by atoms with Crippen molar-refractivity contribution in [3.05, 3.63) is 59.7 Å². The van der Waals surface area contributed by atoms with E-state index in [0.29, 0.717) is 28.8 Å². The van der Waals surface area contributed by atoms with Gasteiger partial charge in [-0.2, -0.15) is 0 Å². The van der Waals surface area contributed by atoms with Gasteiger partial charge in [0.1, 0.15) is 11.6 Å². The van der Waals surface area contributed by atoms with Gasteiger partial charge < -0.3 is 20.1 Å². The number of piperazine rings is 1. The Morgan fingerprint density at radius 3 is 2.34 bits per heavy atom. The number of carbonyl (C=O) groups is 2. The summed E-state index contributed by atoms with van der Waals surface area (Å²) in [5, 5.41) is 13.3. The number of methoxy groups -OCH3 is 1. The Balaban J connectivity index is 0.00000241. The van der Waals surface area contributed by atoms with E-state index < -0.39 is 5.97 Å². The maximum Gasteiger partial charge on any atom is 0.336 e. The molecule has 0 spiro atoms. The summed E-state index contributed by atoms with van der Waals surface area (Å²) >= 11 is 0. The van der Waals surface area contributed by atoms with E-state index >= 15 is 0 Å². The number of aromatic carboxylic acids is 1. The lowest BCUT2D eigenvalue weighted by Gasteiger charge is -2.35. The summed E-state index contributed by atoms with van der Waals surface area (Å²) in [5.74, 6) is 0.677. The van der Waals surface area contributed by atoms with Gasteiger partial charge in [0.25, 0.3) is 0 Å². The summed E-state index contributed by atoms with van der Waals surface area (Å²) in [4.78, 5) is 33.5. The Morgan fingerprint density at radius 2 is 1.71 bits per heavy atom. The average Bonchev–Trinajstić information content (AvgIpc) is 2.83. The first-order valence-electron chi connectivity index (χ1n) is 11.9. The minimum atomic E-state index is -1.01. The van der Waals surface area contributed by atoms with Crippen molar-refractivity contribution in [2.45, 2.75) is 26.8 Å². The Morgan fingerprint density at radius 1 is 1.03 bits per heavy atom. The summed E-state index contributed by atoms with van der Waals surface area (Å²) in [5.41, 5.74) is 2.50. The number of carboxylic acid groups (broad SMARTS) is 1. The number of ether oxygens (including phenoxy) is 1. The molecule has 1 amide bonds. The van der Waals surface area contributed by atoms with Crippen LogP contribution >= 0.6 is 37.2 Å². The molecule has 1 aromatic heterocycles. The first-order chi connectivity index (χ1) is 16.8. The highest BCUT2D eigenvalue weighted by Gasteiger charge is 2.22. The molecule has 0 atom stereocenters. The number of carbonyl (C=O) groups excluding carboxylic acids is 1. The second-order valence-corrected chi connectivity index (χ2v) is 9.29. The third-order valence-corrected chi connectivity index (χ3v) is 6.19. The molecule has 0 bridgehead atoms. The van der Waals surface area contributed by atoms with Crippen molar-refractivity contribution < 1.29 is 19.4 Å². The molecule has 1 fully saturated rings. The monoisotopic (exact) mass is 584 g/mol. The number of aromatic nitrogens is 1. The second kappa shape index (κ2) is 15.0. The number of carboxylic acids is 1. The van der Waals surface area contributed by atoms with Crippen LogP contribution in [0, 0.1) is 5.92 Å². The summed E-state index contributed by atoms with van der Waals surface area (Å²) in [6.45, 7) is 7.92. The lowest BCUT2D eigenvalue weighted by molar-refractivity contribution is -0.116. The maximum absolute atomic E-state index is 12.2. The van der Waals surface area contributed by atoms with Crippen molar-refractivity contribution in [3.63, 3.8) is 0 Å². The van der Waals surface area contributed by atoms with Crippen LogP contribution in [0.1, 0.15) is 36.2 Å². The van der Waals surface area contributed by atoms with Gasteiger partial charge in [0.15, 0.2) is 0 Å². The molecule has 1 aliphatic heterocycles. The van der Waals surface area contributed by atoms with Gasteiger partial charge >= 0.3 is 5.97 Å². The number of nitrogens with zero attached hydrogens (tertiary/aromatic N) is 3. The van der Waals surface area contributed by atoms with Gasteiger partial charge in [0, 0.05) is 55.8 Å². The number of fused-ring (bicyclic) bond motifs is 1. The minimum Gasteiger partial charge on any atom is -0.496 e. The van der Waals surface area contributed by atoms with Crippen molar-refractivity contribution in [2.24, 2.45) is 5.92 Å². The van der Waals surface area contributed by atoms with Crippen LogP contribution in [0.4, 0.5) is 11.5 Å². The smallest absolute Gasteiger partial charge is 0.336 e. The van der Waals surface area contributed by atoms with E-state index in [1.54, 1.807) is 31.4 Å². The van der Waals surface area contributed by atoms with Crippen LogP contribution in [0.25, 0.3) is 10.9 Å². The summed E-state index contributed by atoms with van der Waals surface area (Å²) in [6, 6.07) is 14.9. The standard InChI is InChI=1S/C27H32N4O4.3ClH/c1-18(2)14-26(32)28-20-8-9-23-21(15-20)22(27(33)34)16-25(29-23)31-12-10-30(11-13-31)17-19-6-4-5-7-24(19)35-3;;;/h4-9,15-16,18H,10-14,17H2,1-3H3,(H,28,32)(H,33,34);3*1H. The highest BCUT2D eigenvalue weighted by Crippen LogP contribution is 2.27. The zero-order valence-electron chi connectivity index (χ0n) is 21.7. The minimum absolute atomic E-state index is 0. The van der Waals surface area contributed by atoms with E-state index in [1.165, 1.54) is 0 Å². The number of rotatable bonds is 8. The molecule has 2 N–H and O–H groups in total. The lowest BCUT2D eigenvalue weighted by atomic mass is 10.1.